The summed E-state index contributed by atoms with van der Waals surface area (Å²) < 4.78 is 45.6. The van der Waals surface area contributed by atoms with Crippen LogP contribution in [0.2, 0.25) is 0 Å². The minimum atomic E-state index is -0.704. The van der Waals surface area contributed by atoms with Gasteiger partial charge in [-0.25, -0.2) is 8.78 Å². The molecule has 2 bridgehead atoms. The molecule has 0 radical (unpaired) electrons. The molecule has 0 spiro atoms. The highest BCUT2D eigenvalue weighted by molar-refractivity contribution is 7.23. The van der Waals surface area contributed by atoms with E-state index in [1.54, 1.807) is 6.07 Å². The fourth-order valence-corrected chi connectivity index (χ4v) is 8.10. The van der Waals surface area contributed by atoms with Crippen LogP contribution in [0.5, 0.6) is 6.01 Å². The van der Waals surface area contributed by atoms with Crippen LogP contribution in [-0.4, -0.2) is 90.4 Å². The second-order valence-corrected chi connectivity index (χ2v) is 13.3. The maximum absolute atomic E-state index is 17.2. The van der Waals surface area contributed by atoms with Crippen molar-refractivity contribution in [2.75, 3.05) is 64.1 Å². The summed E-state index contributed by atoms with van der Waals surface area (Å²) in [5, 5.41) is 20.4. The van der Waals surface area contributed by atoms with Gasteiger partial charge in [-0.1, -0.05) is 0 Å². The van der Waals surface area contributed by atoms with Gasteiger partial charge in [0.15, 0.2) is 5.82 Å². The number of nitrogen functional groups attached to an aromatic ring is 1. The van der Waals surface area contributed by atoms with Gasteiger partial charge < -0.3 is 30.1 Å². The van der Waals surface area contributed by atoms with Gasteiger partial charge in [0, 0.05) is 66.1 Å². The Balaban J connectivity index is 1.46. The molecule has 2 atom stereocenters. The number of aromatic nitrogens is 2. The normalized spacial score (nSPS) is 19.6. The quantitative estimate of drug-likeness (QED) is 0.276. The number of nitrogens with two attached hydrogens (primary N) is 1. The summed E-state index contributed by atoms with van der Waals surface area (Å²) >= 11 is 1.17. The zero-order chi connectivity index (χ0) is 31.4. The lowest BCUT2D eigenvalue weighted by Gasteiger charge is -2.42. The van der Waals surface area contributed by atoms with Crippen molar-refractivity contribution in [1.29, 1.82) is 5.26 Å². The van der Waals surface area contributed by atoms with Crippen LogP contribution in [-0.2, 0) is 18.0 Å². The number of likely N-dealkylation sites (N-methyl/N-ethyl adjacent to an activating group) is 1. The second-order valence-electron chi connectivity index (χ2n) is 12.2. The molecule has 2 aromatic heterocycles. The van der Waals surface area contributed by atoms with E-state index < -0.39 is 11.6 Å². The number of nitriles is 1. The van der Waals surface area contributed by atoms with Crippen LogP contribution in [0.3, 0.4) is 0 Å². The van der Waals surface area contributed by atoms with E-state index in [2.05, 4.69) is 20.9 Å². The van der Waals surface area contributed by atoms with Crippen LogP contribution < -0.4 is 15.4 Å². The van der Waals surface area contributed by atoms with E-state index in [0.717, 1.165) is 38.0 Å². The SMILES string of the molecule is CN(C)CCOc1nc(N2C3CCC2CN(CCCO)C3)c2c3c(c(-c4c(F)ccc5sc(N)c(C#N)c45)c(F)c2n1)COC3. The van der Waals surface area contributed by atoms with Gasteiger partial charge in [0.1, 0.15) is 34.8 Å². The predicted octanol–water partition coefficient (Wildman–Crippen LogP) is 4.25. The summed E-state index contributed by atoms with van der Waals surface area (Å²) in [6.07, 6.45) is 2.64. The number of aliphatic hydroxyl groups is 1. The van der Waals surface area contributed by atoms with E-state index in [4.69, 9.17) is 20.2 Å². The Kier molecular flexibility index (Phi) is 7.95. The van der Waals surface area contributed by atoms with Gasteiger partial charge in [-0.05, 0) is 56.6 Å². The summed E-state index contributed by atoms with van der Waals surface area (Å²) in [4.78, 5) is 16.2. The van der Waals surface area contributed by atoms with Crippen molar-refractivity contribution in [2.24, 2.45) is 0 Å². The number of rotatable bonds is 9. The monoisotopic (exact) mass is 635 g/mol. The van der Waals surface area contributed by atoms with Gasteiger partial charge in [0.2, 0.25) is 0 Å². The molecule has 0 aliphatic carbocycles. The largest absolute Gasteiger partial charge is 0.462 e. The first-order valence-corrected chi connectivity index (χ1v) is 16.0. The van der Waals surface area contributed by atoms with E-state index in [1.807, 2.05) is 19.0 Å². The summed E-state index contributed by atoms with van der Waals surface area (Å²) in [5.41, 5.74) is 7.60. The summed E-state index contributed by atoms with van der Waals surface area (Å²) in [6, 6.07) is 5.30. The minimum Gasteiger partial charge on any atom is -0.462 e. The standard InChI is InChI=1S/C32H35F2N7O3S/c1-39(2)9-11-44-32-37-29-26(31(38-32)41-17-4-5-18(41)14-40(13-17)8-3-10-42)21-16-43-15-20(21)25(28(29)34)27-22(33)6-7-23-24(27)19(12-35)30(36)45-23/h6-7,17-18,42H,3-5,8-11,13-16,36H2,1-2H3. The van der Waals surface area contributed by atoms with Gasteiger partial charge in [-0.15, -0.1) is 11.3 Å². The Morgan fingerprint density at radius 2 is 1.89 bits per heavy atom. The lowest BCUT2D eigenvalue weighted by molar-refractivity contribution is 0.135. The molecular formula is C32H35F2N7O3S. The van der Waals surface area contributed by atoms with Crippen LogP contribution in [0.1, 0.15) is 36.0 Å². The summed E-state index contributed by atoms with van der Waals surface area (Å²) in [5.74, 6) is -0.750. The first kappa shape index (κ1) is 30.0. The van der Waals surface area contributed by atoms with Crippen molar-refractivity contribution in [3.8, 4) is 23.2 Å². The van der Waals surface area contributed by atoms with Crippen molar-refractivity contribution < 1.29 is 23.4 Å². The predicted molar refractivity (Wildman–Crippen MR) is 169 cm³/mol. The summed E-state index contributed by atoms with van der Waals surface area (Å²) in [7, 11) is 3.86. The molecule has 3 aliphatic heterocycles. The molecule has 2 aromatic carbocycles. The van der Waals surface area contributed by atoms with E-state index in [0.29, 0.717) is 46.4 Å². The van der Waals surface area contributed by atoms with Gasteiger partial charge in [0.25, 0.3) is 0 Å². The topological polar surface area (TPSA) is 124 Å². The Bertz CT molecular complexity index is 1830. The molecule has 10 nitrogen and oxygen atoms in total. The molecule has 4 aromatic rings. The molecule has 7 rings (SSSR count). The number of benzene rings is 2. The molecule has 2 fully saturated rings. The first-order valence-electron chi connectivity index (χ1n) is 15.2. The third-order valence-electron chi connectivity index (χ3n) is 9.16. The number of ether oxygens (including phenoxy) is 2. The first-order chi connectivity index (χ1) is 21.8. The van der Waals surface area contributed by atoms with E-state index in [-0.39, 0.29) is 65.1 Å². The second kappa shape index (κ2) is 11.9. The van der Waals surface area contributed by atoms with E-state index in [1.165, 1.54) is 17.4 Å². The average molecular weight is 636 g/mol. The van der Waals surface area contributed by atoms with Crippen LogP contribution in [0.25, 0.3) is 32.1 Å². The van der Waals surface area contributed by atoms with Crippen LogP contribution in [0, 0.1) is 23.0 Å². The lowest BCUT2D eigenvalue weighted by atomic mass is 9.90. The third-order valence-corrected chi connectivity index (χ3v) is 10.1. The fourth-order valence-electron chi connectivity index (χ4n) is 7.18. The molecule has 13 heteroatoms. The lowest BCUT2D eigenvalue weighted by Crippen LogP contribution is -2.54. The van der Waals surface area contributed by atoms with Gasteiger partial charge in [0.05, 0.1) is 24.2 Å². The third kappa shape index (κ3) is 5.05. The molecular weight excluding hydrogens is 600 g/mol. The number of halogens is 2. The van der Waals surface area contributed by atoms with Crippen LogP contribution >= 0.6 is 11.3 Å². The maximum atomic E-state index is 17.2. The van der Waals surface area contributed by atoms with Crippen molar-refractivity contribution in [3.63, 3.8) is 0 Å². The molecule has 45 heavy (non-hydrogen) atoms. The number of thiophene rings is 1. The Labute approximate surface area is 263 Å². The highest BCUT2D eigenvalue weighted by Crippen LogP contribution is 2.49. The van der Waals surface area contributed by atoms with Crippen LogP contribution in [0.4, 0.5) is 19.6 Å². The summed E-state index contributed by atoms with van der Waals surface area (Å²) in [6.45, 7) is 3.76. The number of hydrogen-bond donors (Lipinski definition) is 2. The number of nitrogens with zero attached hydrogens (tertiary/aromatic N) is 6. The number of aliphatic hydroxyl groups excluding tert-OH is 1. The molecule has 0 saturated carbocycles. The highest BCUT2D eigenvalue weighted by atomic mass is 32.1. The molecule has 0 amide bonds. The minimum absolute atomic E-state index is 0.00837. The smallest absolute Gasteiger partial charge is 0.319 e. The van der Waals surface area contributed by atoms with Crippen molar-refractivity contribution >= 4 is 43.1 Å². The van der Waals surface area contributed by atoms with Crippen molar-refractivity contribution in [2.45, 2.75) is 44.6 Å². The van der Waals surface area contributed by atoms with Crippen molar-refractivity contribution in [3.05, 3.63) is 40.5 Å². The van der Waals surface area contributed by atoms with Crippen molar-refractivity contribution in [1.82, 2.24) is 19.8 Å². The number of fused-ring (bicyclic) bond motifs is 6. The molecule has 2 unspecified atom stereocenters. The number of piperazine rings is 1. The number of anilines is 2. The zero-order valence-electron chi connectivity index (χ0n) is 25.3. The fraction of sp³-hybridized carbons (Fsp3) is 0.469. The number of likely N-dealkylation sites (tertiary alicyclic amines) is 1. The van der Waals surface area contributed by atoms with Crippen LogP contribution in [0.15, 0.2) is 12.1 Å². The molecule has 236 valence electrons. The Morgan fingerprint density at radius 1 is 1.13 bits per heavy atom. The van der Waals surface area contributed by atoms with E-state index in [9.17, 15) is 10.4 Å². The molecule has 3 aliphatic rings. The molecule has 2 saturated heterocycles. The molecule has 5 heterocycles. The number of hydrogen-bond acceptors (Lipinski definition) is 11. The highest BCUT2D eigenvalue weighted by Gasteiger charge is 2.43. The Hall–Kier alpha value is -3.67. The van der Waals surface area contributed by atoms with Gasteiger partial charge >= 0.3 is 6.01 Å². The van der Waals surface area contributed by atoms with Gasteiger partial charge in [-0.3, -0.25) is 4.90 Å². The van der Waals surface area contributed by atoms with Gasteiger partial charge in [-0.2, -0.15) is 15.2 Å². The molecule has 3 N–H and O–H groups in total. The zero-order valence-corrected chi connectivity index (χ0v) is 26.1. The van der Waals surface area contributed by atoms with E-state index >= 15 is 8.78 Å². The average Bonchev–Trinajstić information content (AvgIpc) is 3.69. The maximum Gasteiger partial charge on any atom is 0.319 e. The Morgan fingerprint density at radius 3 is 2.60 bits per heavy atom.